The number of unbranched alkanes of at least 4 members (excludes halogenated alkanes) is 3. The second-order valence-corrected chi connectivity index (χ2v) is 6.91. The van der Waals surface area contributed by atoms with Crippen LogP contribution in [-0.4, -0.2) is 40.1 Å². The van der Waals surface area contributed by atoms with Crippen molar-refractivity contribution in [3.8, 4) is 0 Å². The van der Waals surface area contributed by atoms with Gasteiger partial charge in [-0.15, -0.1) is 0 Å². The molecule has 148 valence electrons. The standard InChI is InChI=1S/C20H30N4O3/c1-14-13-18-22-15(2)17(16(3)24(18)23-14)10-11-19(25)21-12-8-6-5-7-9-20(26)27-4/h13H,5-12H2,1-4H3,(H,21,25). The summed E-state index contributed by atoms with van der Waals surface area (Å²) in [6, 6.07) is 1.96. The Bertz CT molecular complexity index is 798. The van der Waals surface area contributed by atoms with Crippen LogP contribution in [0.25, 0.3) is 5.65 Å². The minimum Gasteiger partial charge on any atom is -0.469 e. The predicted molar refractivity (Wildman–Crippen MR) is 104 cm³/mol. The molecular weight excluding hydrogens is 344 g/mol. The van der Waals surface area contributed by atoms with Crippen molar-refractivity contribution in [2.45, 2.75) is 65.7 Å². The zero-order valence-corrected chi connectivity index (χ0v) is 16.8. The molecule has 0 aliphatic carbocycles. The number of rotatable bonds is 10. The number of amides is 1. The zero-order valence-electron chi connectivity index (χ0n) is 16.8. The molecule has 0 unspecified atom stereocenters. The largest absolute Gasteiger partial charge is 0.469 e. The minimum atomic E-state index is -0.160. The van der Waals surface area contributed by atoms with E-state index in [1.807, 2.05) is 31.4 Å². The number of nitrogens with zero attached hydrogens (tertiary/aromatic N) is 3. The molecule has 2 heterocycles. The van der Waals surface area contributed by atoms with Crippen LogP contribution in [0.15, 0.2) is 6.07 Å². The average Bonchev–Trinajstić information content (AvgIpc) is 3.00. The Kier molecular flexibility index (Phi) is 7.76. The van der Waals surface area contributed by atoms with Crippen molar-refractivity contribution in [1.29, 1.82) is 0 Å². The highest BCUT2D eigenvalue weighted by Crippen LogP contribution is 2.17. The van der Waals surface area contributed by atoms with E-state index in [9.17, 15) is 9.59 Å². The lowest BCUT2D eigenvalue weighted by molar-refractivity contribution is -0.140. The smallest absolute Gasteiger partial charge is 0.305 e. The third-order valence-corrected chi connectivity index (χ3v) is 4.75. The van der Waals surface area contributed by atoms with Crippen LogP contribution >= 0.6 is 0 Å². The van der Waals surface area contributed by atoms with Gasteiger partial charge in [0.05, 0.1) is 12.8 Å². The molecule has 2 rings (SSSR count). The highest BCUT2D eigenvalue weighted by atomic mass is 16.5. The van der Waals surface area contributed by atoms with E-state index in [1.54, 1.807) is 0 Å². The minimum absolute atomic E-state index is 0.0557. The normalized spacial score (nSPS) is 11.0. The summed E-state index contributed by atoms with van der Waals surface area (Å²) in [5.41, 5.74) is 4.88. The molecule has 0 saturated carbocycles. The van der Waals surface area contributed by atoms with E-state index in [2.05, 4.69) is 20.1 Å². The molecule has 1 N–H and O–H groups in total. The highest BCUT2D eigenvalue weighted by Gasteiger charge is 2.12. The number of ether oxygens (including phenoxy) is 1. The first-order valence-corrected chi connectivity index (χ1v) is 9.58. The number of aromatic nitrogens is 3. The van der Waals surface area contributed by atoms with E-state index >= 15 is 0 Å². The Morgan fingerprint density at radius 2 is 1.85 bits per heavy atom. The molecular formula is C20H30N4O3. The van der Waals surface area contributed by atoms with E-state index in [1.165, 1.54) is 7.11 Å². The first-order chi connectivity index (χ1) is 12.9. The van der Waals surface area contributed by atoms with E-state index in [4.69, 9.17) is 0 Å². The number of methoxy groups -OCH3 is 1. The summed E-state index contributed by atoms with van der Waals surface area (Å²) in [5, 5.41) is 7.44. The molecule has 0 aromatic carbocycles. The van der Waals surface area contributed by atoms with Crippen molar-refractivity contribution >= 4 is 17.5 Å². The van der Waals surface area contributed by atoms with Gasteiger partial charge in [-0.3, -0.25) is 9.59 Å². The maximum Gasteiger partial charge on any atom is 0.305 e. The fourth-order valence-corrected chi connectivity index (χ4v) is 3.21. The summed E-state index contributed by atoms with van der Waals surface area (Å²) in [6.45, 7) is 6.63. The Morgan fingerprint density at radius 1 is 1.11 bits per heavy atom. The maximum atomic E-state index is 12.1. The summed E-state index contributed by atoms with van der Waals surface area (Å²) in [4.78, 5) is 27.7. The predicted octanol–water partition coefficient (Wildman–Crippen LogP) is 2.83. The molecule has 2 aromatic rings. The third kappa shape index (κ3) is 6.05. The van der Waals surface area contributed by atoms with Gasteiger partial charge in [0, 0.05) is 36.8 Å². The van der Waals surface area contributed by atoms with E-state index in [-0.39, 0.29) is 11.9 Å². The number of hydrogen-bond donors (Lipinski definition) is 1. The lowest BCUT2D eigenvalue weighted by Crippen LogP contribution is -2.25. The van der Waals surface area contributed by atoms with Crippen LogP contribution in [0.5, 0.6) is 0 Å². The third-order valence-electron chi connectivity index (χ3n) is 4.75. The van der Waals surface area contributed by atoms with Gasteiger partial charge in [0.2, 0.25) is 5.91 Å². The van der Waals surface area contributed by atoms with Crippen LogP contribution in [0.3, 0.4) is 0 Å². The summed E-state index contributed by atoms with van der Waals surface area (Å²) in [7, 11) is 1.41. The average molecular weight is 374 g/mol. The van der Waals surface area contributed by atoms with Gasteiger partial charge in [0.1, 0.15) is 0 Å². The molecule has 0 spiro atoms. The van der Waals surface area contributed by atoms with Gasteiger partial charge < -0.3 is 10.1 Å². The fourth-order valence-electron chi connectivity index (χ4n) is 3.21. The summed E-state index contributed by atoms with van der Waals surface area (Å²) < 4.78 is 6.46. The van der Waals surface area contributed by atoms with Gasteiger partial charge in [-0.2, -0.15) is 5.10 Å². The van der Waals surface area contributed by atoms with Crippen molar-refractivity contribution in [2.24, 2.45) is 0 Å². The number of esters is 1. The number of aryl methyl sites for hydroxylation is 3. The van der Waals surface area contributed by atoms with Crippen molar-refractivity contribution < 1.29 is 14.3 Å². The Morgan fingerprint density at radius 3 is 2.59 bits per heavy atom. The topological polar surface area (TPSA) is 85.6 Å². The lowest BCUT2D eigenvalue weighted by atomic mass is 10.1. The van der Waals surface area contributed by atoms with Gasteiger partial charge in [-0.25, -0.2) is 9.50 Å². The van der Waals surface area contributed by atoms with Crippen LogP contribution in [-0.2, 0) is 20.7 Å². The molecule has 0 atom stereocenters. The summed E-state index contributed by atoms with van der Waals surface area (Å²) in [5.74, 6) is -0.105. The monoisotopic (exact) mass is 374 g/mol. The fraction of sp³-hybridized carbons (Fsp3) is 0.600. The summed E-state index contributed by atoms with van der Waals surface area (Å²) >= 11 is 0. The van der Waals surface area contributed by atoms with Gasteiger partial charge >= 0.3 is 5.97 Å². The molecule has 0 fully saturated rings. The zero-order chi connectivity index (χ0) is 19.8. The van der Waals surface area contributed by atoms with Crippen molar-refractivity contribution in [3.63, 3.8) is 0 Å². The van der Waals surface area contributed by atoms with E-state index in [0.717, 1.165) is 54.0 Å². The van der Waals surface area contributed by atoms with E-state index in [0.29, 0.717) is 25.8 Å². The molecule has 0 aliphatic heterocycles. The maximum absolute atomic E-state index is 12.1. The lowest BCUT2D eigenvalue weighted by Gasteiger charge is -2.11. The Labute approximate surface area is 160 Å². The first kappa shape index (κ1) is 20.9. The molecule has 0 saturated heterocycles. The molecule has 27 heavy (non-hydrogen) atoms. The van der Waals surface area contributed by atoms with Gasteiger partial charge in [0.15, 0.2) is 5.65 Å². The van der Waals surface area contributed by atoms with Crippen molar-refractivity contribution in [3.05, 3.63) is 28.7 Å². The Balaban J connectivity index is 1.71. The molecule has 0 radical (unpaired) electrons. The number of fused-ring (bicyclic) bond motifs is 1. The number of carbonyl (C=O) groups is 2. The summed E-state index contributed by atoms with van der Waals surface area (Å²) in [6.07, 6.45) is 5.29. The second-order valence-electron chi connectivity index (χ2n) is 6.91. The molecule has 7 nitrogen and oxygen atoms in total. The SMILES string of the molecule is COC(=O)CCCCCCNC(=O)CCc1c(C)nc2cc(C)nn2c1C. The van der Waals surface area contributed by atoms with Crippen LogP contribution in [0.4, 0.5) is 0 Å². The van der Waals surface area contributed by atoms with Crippen molar-refractivity contribution in [1.82, 2.24) is 19.9 Å². The highest BCUT2D eigenvalue weighted by molar-refractivity contribution is 5.76. The number of carbonyl (C=O) groups excluding carboxylic acids is 2. The quantitative estimate of drug-likeness (QED) is 0.510. The molecule has 7 heteroatoms. The first-order valence-electron chi connectivity index (χ1n) is 9.58. The van der Waals surface area contributed by atoms with Crippen LogP contribution in [0, 0.1) is 20.8 Å². The molecule has 0 bridgehead atoms. The van der Waals surface area contributed by atoms with Gasteiger partial charge in [-0.1, -0.05) is 12.8 Å². The van der Waals surface area contributed by atoms with Crippen LogP contribution < -0.4 is 5.32 Å². The van der Waals surface area contributed by atoms with Gasteiger partial charge in [0.25, 0.3) is 0 Å². The molecule has 2 aromatic heterocycles. The van der Waals surface area contributed by atoms with Crippen LogP contribution in [0.1, 0.15) is 61.2 Å². The van der Waals surface area contributed by atoms with Crippen molar-refractivity contribution in [2.75, 3.05) is 13.7 Å². The van der Waals surface area contributed by atoms with E-state index < -0.39 is 0 Å². The number of nitrogens with one attached hydrogen (secondary N) is 1. The van der Waals surface area contributed by atoms with Crippen LogP contribution in [0.2, 0.25) is 0 Å². The molecule has 1 amide bonds. The molecule has 0 aliphatic rings. The van der Waals surface area contributed by atoms with Gasteiger partial charge in [-0.05, 0) is 45.6 Å². The Hall–Kier alpha value is -2.44. The number of hydrogen-bond acceptors (Lipinski definition) is 5. The second kappa shape index (κ2) is 10.0.